The van der Waals surface area contributed by atoms with Crippen LogP contribution in [0.3, 0.4) is 0 Å². The lowest BCUT2D eigenvalue weighted by Gasteiger charge is -2.13. The van der Waals surface area contributed by atoms with Gasteiger partial charge >= 0.3 is 0 Å². The lowest BCUT2D eigenvalue weighted by molar-refractivity contribution is -0.115. The maximum Gasteiger partial charge on any atom is 0.255 e. The first-order valence-corrected chi connectivity index (χ1v) is 9.06. The first-order valence-electron chi connectivity index (χ1n) is 7.70. The van der Waals surface area contributed by atoms with Crippen LogP contribution in [0.5, 0.6) is 5.75 Å². The van der Waals surface area contributed by atoms with E-state index in [2.05, 4.69) is 10.6 Å². The Morgan fingerprint density at radius 1 is 1.32 bits per heavy atom. The summed E-state index contributed by atoms with van der Waals surface area (Å²) in [6.07, 6.45) is 0.460. The molecule has 0 aromatic heterocycles. The summed E-state index contributed by atoms with van der Waals surface area (Å²) < 4.78 is 5.28. The SMILES string of the molecule is COc1cc(Cl)c(C)cc1NC(=O)c1ccc2c(c1)NC(=O)CCS2. The van der Waals surface area contributed by atoms with Crippen molar-refractivity contribution in [2.45, 2.75) is 18.2 Å². The van der Waals surface area contributed by atoms with Gasteiger partial charge in [-0.05, 0) is 36.8 Å². The first kappa shape index (κ1) is 17.6. The molecule has 5 nitrogen and oxygen atoms in total. The summed E-state index contributed by atoms with van der Waals surface area (Å²) in [5.74, 6) is 0.888. The molecule has 0 bridgehead atoms. The quantitative estimate of drug-likeness (QED) is 0.836. The maximum absolute atomic E-state index is 12.6. The normalized spacial score (nSPS) is 13.5. The van der Waals surface area contributed by atoms with E-state index in [9.17, 15) is 9.59 Å². The number of hydrogen-bond donors (Lipinski definition) is 2. The third-order valence-electron chi connectivity index (χ3n) is 3.83. The lowest BCUT2D eigenvalue weighted by atomic mass is 10.1. The fourth-order valence-corrected chi connectivity index (χ4v) is 3.58. The summed E-state index contributed by atoms with van der Waals surface area (Å²) in [4.78, 5) is 25.3. The van der Waals surface area contributed by atoms with E-state index in [0.29, 0.717) is 34.1 Å². The highest BCUT2D eigenvalue weighted by atomic mass is 35.5. The molecular formula is C18H17ClN2O3S. The van der Waals surface area contributed by atoms with Gasteiger partial charge in [0.25, 0.3) is 5.91 Å². The number of methoxy groups -OCH3 is 1. The molecular weight excluding hydrogens is 360 g/mol. The predicted octanol–water partition coefficient (Wildman–Crippen LogP) is 4.34. The Hall–Kier alpha value is -2.18. The van der Waals surface area contributed by atoms with Crippen LogP contribution in [0.1, 0.15) is 22.3 Å². The van der Waals surface area contributed by atoms with Crippen LogP contribution in [0.15, 0.2) is 35.2 Å². The van der Waals surface area contributed by atoms with Gasteiger partial charge in [0.05, 0.1) is 18.5 Å². The highest BCUT2D eigenvalue weighted by molar-refractivity contribution is 7.99. The fraction of sp³-hybridized carbons (Fsp3) is 0.222. The van der Waals surface area contributed by atoms with E-state index in [4.69, 9.17) is 16.3 Å². The molecule has 0 aliphatic carbocycles. The zero-order chi connectivity index (χ0) is 18.0. The minimum Gasteiger partial charge on any atom is -0.495 e. The number of thioether (sulfide) groups is 1. The molecule has 1 aliphatic heterocycles. The van der Waals surface area contributed by atoms with Crippen LogP contribution in [0, 0.1) is 6.92 Å². The van der Waals surface area contributed by atoms with E-state index in [-0.39, 0.29) is 11.8 Å². The molecule has 0 saturated heterocycles. The van der Waals surface area contributed by atoms with Gasteiger partial charge in [-0.3, -0.25) is 9.59 Å². The predicted molar refractivity (Wildman–Crippen MR) is 101 cm³/mol. The maximum atomic E-state index is 12.6. The molecule has 2 aromatic carbocycles. The summed E-state index contributed by atoms with van der Waals surface area (Å²) in [7, 11) is 1.52. The van der Waals surface area contributed by atoms with Gasteiger partial charge in [-0.25, -0.2) is 0 Å². The first-order chi connectivity index (χ1) is 12.0. The molecule has 0 saturated carbocycles. The zero-order valence-electron chi connectivity index (χ0n) is 13.8. The van der Waals surface area contributed by atoms with Gasteiger partial charge < -0.3 is 15.4 Å². The van der Waals surface area contributed by atoms with Crippen LogP contribution in [0.25, 0.3) is 0 Å². The van der Waals surface area contributed by atoms with Crippen LogP contribution >= 0.6 is 23.4 Å². The molecule has 7 heteroatoms. The second-order valence-corrected chi connectivity index (χ2v) is 7.16. The highest BCUT2D eigenvalue weighted by Gasteiger charge is 2.17. The summed E-state index contributed by atoms with van der Waals surface area (Å²) in [5, 5.41) is 6.25. The second-order valence-electron chi connectivity index (χ2n) is 5.61. The van der Waals surface area contributed by atoms with Gasteiger partial charge in [0, 0.05) is 33.7 Å². The minimum absolute atomic E-state index is 0.0428. The molecule has 0 radical (unpaired) electrons. The monoisotopic (exact) mass is 376 g/mol. The second kappa shape index (κ2) is 7.37. The van der Waals surface area contributed by atoms with Crippen molar-refractivity contribution in [2.24, 2.45) is 0 Å². The van der Waals surface area contributed by atoms with Gasteiger partial charge in [0.2, 0.25) is 5.91 Å². The number of fused-ring (bicyclic) bond motifs is 1. The number of ether oxygens (including phenoxy) is 1. The van der Waals surface area contributed by atoms with Gasteiger partial charge in [0.15, 0.2) is 0 Å². The van der Waals surface area contributed by atoms with Crippen LogP contribution in [-0.2, 0) is 4.79 Å². The van der Waals surface area contributed by atoms with E-state index in [1.54, 1.807) is 36.0 Å². The Morgan fingerprint density at radius 2 is 2.12 bits per heavy atom. The fourth-order valence-electron chi connectivity index (χ4n) is 2.49. The van der Waals surface area contributed by atoms with Crippen molar-refractivity contribution >= 4 is 46.6 Å². The minimum atomic E-state index is -0.286. The number of carbonyl (C=O) groups is 2. The van der Waals surface area contributed by atoms with Crippen molar-refractivity contribution in [1.29, 1.82) is 0 Å². The molecule has 2 aromatic rings. The van der Waals surface area contributed by atoms with Crippen molar-refractivity contribution < 1.29 is 14.3 Å². The number of rotatable bonds is 3. The molecule has 25 heavy (non-hydrogen) atoms. The van der Waals surface area contributed by atoms with E-state index in [0.717, 1.165) is 16.2 Å². The summed E-state index contributed by atoms with van der Waals surface area (Å²) in [5.41, 5.74) is 2.50. The number of benzene rings is 2. The Bertz CT molecular complexity index is 854. The molecule has 0 atom stereocenters. The average Bonchev–Trinajstić information content (AvgIpc) is 2.77. The Balaban J connectivity index is 1.87. The number of carbonyl (C=O) groups excluding carboxylic acids is 2. The highest BCUT2D eigenvalue weighted by Crippen LogP contribution is 2.33. The van der Waals surface area contributed by atoms with Crippen LogP contribution in [0.4, 0.5) is 11.4 Å². The van der Waals surface area contributed by atoms with Crippen molar-refractivity contribution in [3.05, 3.63) is 46.5 Å². The Kier molecular flexibility index (Phi) is 5.20. The lowest BCUT2D eigenvalue weighted by Crippen LogP contribution is -2.14. The number of anilines is 2. The molecule has 0 spiro atoms. The largest absolute Gasteiger partial charge is 0.495 e. The molecule has 1 aliphatic rings. The Labute approximate surface area is 155 Å². The topological polar surface area (TPSA) is 67.4 Å². The van der Waals surface area contributed by atoms with Crippen molar-refractivity contribution in [2.75, 3.05) is 23.5 Å². The number of aryl methyl sites for hydroxylation is 1. The average molecular weight is 377 g/mol. The van der Waals surface area contributed by atoms with E-state index in [1.807, 2.05) is 13.0 Å². The number of amides is 2. The smallest absolute Gasteiger partial charge is 0.255 e. The molecule has 3 rings (SSSR count). The number of hydrogen-bond acceptors (Lipinski definition) is 4. The summed E-state index contributed by atoms with van der Waals surface area (Å²) in [6, 6.07) is 8.72. The zero-order valence-corrected chi connectivity index (χ0v) is 15.4. The molecule has 1 heterocycles. The molecule has 0 unspecified atom stereocenters. The van der Waals surface area contributed by atoms with Crippen LogP contribution in [0.2, 0.25) is 5.02 Å². The van der Waals surface area contributed by atoms with Crippen molar-refractivity contribution in [3.8, 4) is 5.75 Å². The molecule has 0 fully saturated rings. The van der Waals surface area contributed by atoms with Crippen molar-refractivity contribution in [1.82, 2.24) is 0 Å². The standard InChI is InChI=1S/C18H17ClN2O3S/c1-10-7-13(15(24-2)9-12(10)19)21-18(23)11-3-4-16-14(8-11)20-17(22)5-6-25-16/h3-4,7-9H,5-6H2,1-2H3,(H,20,22)(H,21,23). The van der Waals surface area contributed by atoms with Gasteiger partial charge in [0.1, 0.15) is 5.75 Å². The van der Waals surface area contributed by atoms with Gasteiger partial charge in [-0.2, -0.15) is 0 Å². The summed E-state index contributed by atoms with van der Waals surface area (Å²) >= 11 is 7.69. The summed E-state index contributed by atoms with van der Waals surface area (Å²) in [6.45, 7) is 1.85. The van der Waals surface area contributed by atoms with Gasteiger partial charge in [-0.1, -0.05) is 11.6 Å². The molecule has 130 valence electrons. The third-order valence-corrected chi connectivity index (χ3v) is 5.31. The van der Waals surface area contributed by atoms with Crippen LogP contribution < -0.4 is 15.4 Å². The third kappa shape index (κ3) is 3.91. The van der Waals surface area contributed by atoms with E-state index < -0.39 is 0 Å². The van der Waals surface area contributed by atoms with Crippen LogP contribution in [-0.4, -0.2) is 24.7 Å². The molecule has 2 amide bonds. The van der Waals surface area contributed by atoms with E-state index in [1.165, 1.54) is 7.11 Å². The van der Waals surface area contributed by atoms with Gasteiger partial charge in [-0.15, -0.1) is 11.8 Å². The molecule has 2 N–H and O–H groups in total. The van der Waals surface area contributed by atoms with E-state index >= 15 is 0 Å². The number of halogens is 1. The van der Waals surface area contributed by atoms with Crippen molar-refractivity contribution in [3.63, 3.8) is 0 Å². The number of nitrogens with one attached hydrogen (secondary N) is 2. The Morgan fingerprint density at radius 3 is 2.88 bits per heavy atom.